The van der Waals surface area contributed by atoms with Crippen LogP contribution < -0.4 is 10.5 Å². The van der Waals surface area contributed by atoms with Gasteiger partial charge in [-0.3, -0.25) is 0 Å². The van der Waals surface area contributed by atoms with Crippen molar-refractivity contribution in [2.24, 2.45) is 0 Å². The normalized spacial score (nSPS) is 15.9. The Balaban J connectivity index is 1.84. The third-order valence-corrected chi connectivity index (χ3v) is 4.53. The molecule has 0 unspecified atom stereocenters. The first-order valence-corrected chi connectivity index (χ1v) is 7.95. The van der Waals surface area contributed by atoms with E-state index in [0.29, 0.717) is 23.7 Å². The Kier molecular flexibility index (Phi) is 4.49. The minimum absolute atomic E-state index is 0.204. The molecule has 0 bridgehead atoms. The monoisotopic (exact) mass is 324 g/mol. The van der Waals surface area contributed by atoms with Gasteiger partial charge in [-0.05, 0) is 18.9 Å². The van der Waals surface area contributed by atoms with Gasteiger partial charge in [0.25, 0.3) is 0 Å². The van der Waals surface area contributed by atoms with Gasteiger partial charge in [-0.2, -0.15) is 4.98 Å². The van der Waals surface area contributed by atoms with Crippen molar-refractivity contribution >= 4 is 17.6 Å². The smallest absolute Gasteiger partial charge is 0.242 e. The number of anilines is 1. The summed E-state index contributed by atoms with van der Waals surface area (Å²) < 4.78 is 26.3. The molecule has 2 N–H and O–H groups in total. The molecular formula is C14H17FN4O2S. The van der Waals surface area contributed by atoms with Gasteiger partial charge in [0.05, 0.1) is 24.9 Å². The minimum atomic E-state index is -0.466. The fourth-order valence-electron chi connectivity index (χ4n) is 2.36. The van der Waals surface area contributed by atoms with Crippen LogP contribution in [-0.4, -0.2) is 33.9 Å². The molecule has 118 valence electrons. The second-order valence-corrected chi connectivity index (χ2v) is 6.17. The standard InChI is InChI=1S/C14H17FN4O2S/c1-20-13-10(6-9(15)7-11(13)16)14-17-12(21-18-14)8-19-4-2-3-5-22-19/h6-7H,2-5,8,16H2,1H3. The van der Waals surface area contributed by atoms with E-state index in [9.17, 15) is 4.39 Å². The molecule has 1 aromatic carbocycles. The highest BCUT2D eigenvalue weighted by Gasteiger charge is 2.19. The van der Waals surface area contributed by atoms with Crippen molar-refractivity contribution in [1.82, 2.24) is 14.4 Å². The van der Waals surface area contributed by atoms with E-state index >= 15 is 0 Å². The van der Waals surface area contributed by atoms with Crippen molar-refractivity contribution in [2.75, 3.05) is 25.1 Å². The van der Waals surface area contributed by atoms with E-state index in [1.807, 2.05) is 0 Å². The summed E-state index contributed by atoms with van der Waals surface area (Å²) in [6.45, 7) is 1.57. The molecule has 2 heterocycles. The Morgan fingerprint density at radius 2 is 2.32 bits per heavy atom. The van der Waals surface area contributed by atoms with Crippen LogP contribution in [0.15, 0.2) is 16.7 Å². The van der Waals surface area contributed by atoms with Crippen molar-refractivity contribution in [1.29, 1.82) is 0 Å². The number of benzene rings is 1. The number of hydrogen-bond donors (Lipinski definition) is 1. The third kappa shape index (κ3) is 3.17. The van der Waals surface area contributed by atoms with Crippen LogP contribution in [-0.2, 0) is 6.54 Å². The lowest BCUT2D eigenvalue weighted by molar-refractivity contribution is 0.324. The van der Waals surface area contributed by atoms with E-state index in [1.165, 1.54) is 32.1 Å². The van der Waals surface area contributed by atoms with Crippen LogP contribution in [0.2, 0.25) is 0 Å². The van der Waals surface area contributed by atoms with Gasteiger partial charge in [-0.25, -0.2) is 8.70 Å². The molecule has 6 nitrogen and oxygen atoms in total. The van der Waals surface area contributed by atoms with Crippen LogP contribution in [0.5, 0.6) is 5.75 Å². The molecule has 0 amide bonds. The topological polar surface area (TPSA) is 77.4 Å². The van der Waals surface area contributed by atoms with Crippen molar-refractivity contribution in [3.8, 4) is 17.1 Å². The van der Waals surface area contributed by atoms with E-state index in [2.05, 4.69) is 14.4 Å². The highest BCUT2D eigenvalue weighted by atomic mass is 32.2. The number of nitrogens with two attached hydrogens (primary N) is 1. The SMILES string of the molecule is COc1c(N)cc(F)cc1-c1noc(CN2CCCCS2)n1. The minimum Gasteiger partial charge on any atom is -0.494 e. The molecule has 3 rings (SSSR count). The van der Waals surface area contributed by atoms with Gasteiger partial charge < -0.3 is 15.0 Å². The number of rotatable bonds is 4. The van der Waals surface area contributed by atoms with E-state index in [0.717, 1.165) is 12.3 Å². The summed E-state index contributed by atoms with van der Waals surface area (Å²) >= 11 is 1.78. The Bertz CT molecular complexity index is 658. The molecule has 1 fully saturated rings. The molecule has 0 aliphatic carbocycles. The maximum Gasteiger partial charge on any atom is 0.242 e. The molecule has 2 aromatic rings. The Morgan fingerprint density at radius 1 is 1.45 bits per heavy atom. The number of nitrogens with zero attached hydrogens (tertiary/aromatic N) is 3. The fourth-order valence-corrected chi connectivity index (χ4v) is 3.41. The van der Waals surface area contributed by atoms with Crippen LogP contribution in [0.4, 0.5) is 10.1 Å². The summed E-state index contributed by atoms with van der Waals surface area (Å²) in [5.41, 5.74) is 6.36. The Hall–Kier alpha value is -1.80. The van der Waals surface area contributed by atoms with Crippen LogP contribution >= 0.6 is 11.9 Å². The quantitative estimate of drug-likeness (QED) is 0.684. The number of nitrogen functional groups attached to an aromatic ring is 1. The lowest BCUT2D eigenvalue weighted by Gasteiger charge is -2.23. The molecule has 0 radical (unpaired) electrons. The first kappa shape index (κ1) is 15.1. The molecule has 0 atom stereocenters. The maximum absolute atomic E-state index is 13.6. The molecular weight excluding hydrogens is 307 g/mol. The van der Waals surface area contributed by atoms with Gasteiger partial charge in [-0.15, -0.1) is 0 Å². The molecule has 1 aliphatic heterocycles. The maximum atomic E-state index is 13.6. The zero-order valence-corrected chi connectivity index (χ0v) is 13.0. The van der Waals surface area contributed by atoms with Gasteiger partial charge in [0.1, 0.15) is 5.82 Å². The molecule has 22 heavy (non-hydrogen) atoms. The van der Waals surface area contributed by atoms with Crippen molar-refractivity contribution in [2.45, 2.75) is 19.4 Å². The van der Waals surface area contributed by atoms with Crippen molar-refractivity contribution in [3.05, 3.63) is 23.8 Å². The van der Waals surface area contributed by atoms with Gasteiger partial charge in [0.15, 0.2) is 5.75 Å². The second kappa shape index (κ2) is 6.53. The molecule has 0 saturated carbocycles. The lowest BCUT2D eigenvalue weighted by atomic mass is 10.1. The predicted molar refractivity (Wildman–Crippen MR) is 82.8 cm³/mol. The number of methoxy groups -OCH3 is 1. The van der Waals surface area contributed by atoms with E-state index in [-0.39, 0.29) is 11.5 Å². The lowest BCUT2D eigenvalue weighted by Crippen LogP contribution is -2.21. The van der Waals surface area contributed by atoms with Gasteiger partial charge in [0.2, 0.25) is 11.7 Å². The summed E-state index contributed by atoms with van der Waals surface area (Å²) in [5, 5.41) is 3.92. The largest absolute Gasteiger partial charge is 0.494 e. The first-order chi connectivity index (χ1) is 10.7. The van der Waals surface area contributed by atoms with Gasteiger partial charge >= 0.3 is 0 Å². The van der Waals surface area contributed by atoms with Gasteiger partial charge in [0, 0.05) is 18.4 Å². The van der Waals surface area contributed by atoms with Crippen LogP contribution in [0.3, 0.4) is 0 Å². The number of aromatic nitrogens is 2. The van der Waals surface area contributed by atoms with E-state index in [1.54, 1.807) is 11.9 Å². The molecule has 1 saturated heterocycles. The van der Waals surface area contributed by atoms with Crippen molar-refractivity contribution in [3.63, 3.8) is 0 Å². The molecule has 0 spiro atoms. The number of ether oxygens (including phenoxy) is 1. The highest BCUT2D eigenvalue weighted by Crippen LogP contribution is 2.34. The first-order valence-electron chi connectivity index (χ1n) is 7.01. The van der Waals surface area contributed by atoms with E-state index < -0.39 is 5.82 Å². The Labute approximate surface area is 131 Å². The number of hydrogen-bond acceptors (Lipinski definition) is 7. The zero-order valence-electron chi connectivity index (χ0n) is 12.2. The second-order valence-electron chi connectivity index (χ2n) is 4.99. The molecule has 1 aromatic heterocycles. The number of halogens is 1. The average Bonchev–Trinajstić information content (AvgIpc) is 2.96. The fraction of sp³-hybridized carbons (Fsp3) is 0.429. The average molecular weight is 324 g/mol. The highest BCUT2D eigenvalue weighted by molar-refractivity contribution is 7.97. The zero-order chi connectivity index (χ0) is 15.5. The predicted octanol–water partition coefficient (Wildman–Crippen LogP) is 2.71. The third-order valence-electron chi connectivity index (χ3n) is 3.38. The van der Waals surface area contributed by atoms with Crippen LogP contribution in [0, 0.1) is 5.82 Å². The van der Waals surface area contributed by atoms with Gasteiger partial charge in [-0.1, -0.05) is 17.1 Å². The summed E-state index contributed by atoms with van der Waals surface area (Å²) in [6.07, 6.45) is 2.40. The summed E-state index contributed by atoms with van der Waals surface area (Å²) in [4.78, 5) is 4.33. The van der Waals surface area contributed by atoms with E-state index in [4.69, 9.17) is 15.0 Å². The summed E-state index contributed by atoms with van der Waals surface area (Å²) in [5.74, 6) is 1.76. The molecule has 1 aliphatic rings. The Morgan fingerprint density at radius 3 is 3.05 bits per heavy atom. The molecule has 8 heteroatoms. The van der Waals surface area contributed by atoms with Crippen LogP contribution in [0.1, 0.15) is 18.7 Å². The summed E-state index contributed by atoms with van der Waals surface area (Å²) in [6, 6.07) is 2.49. The summed E-state index contributed by atoms with van der Waals surface area (Å²) in [7, 11) is 1.47. The van der Waals surface area contributed by atoms with Crippen LogP contribution in [0.25, 0.3) is 11.4 Å². The van der Waals surface area contributed by atoms with Crippen molar-refractivity contribution < 1.29 is 13.7 Å².